The molecule has 2 nitrogen and oxygen atoms in total. The van der Waals surface area contributed by atoms with Gasteiger partial charge in [0.25, 0.3) is 0 Å². The molecule has 0 aromatic rings. The fourth-order valence-electron chi connectivity index (χ4n) is 1.72. The third-order valence-electron chi connectivity index (χ3n) is 2.69. The number of likely N-dealkylation sites (tertiary alicyclic amines) is 1. The largest absolute Gasteiger partial charge is 0.302 e. The van der Waals surface area contributed by atoms with E-state index >= 15 is 0 Å². The van der Waals surface area contributed by atoms with Crippen molar-refractivity contribution in [2.45, 2.75) is 32.2 Å². The van der Waals surface area contributed by atoms with Crippen molar-refractivity contribution in [1.82, 2.24) is 10.2 Å². The maximum absolute atomic E-state index is 3.54. The van der Waals surface area contributed by atoms with Gasteiger partial charge in [0.2, 0.25) is 0 Å². The second-order valence-electron chi connectivity index (χ2n) is 4.11. The first-order valence-electron chi connectivity index (χ1n) is 4.80. The highest BCUT2D eigenvalue weighted by Crippen LogP contribution is 2.19. The lowest BCUT2D eigenvalue weighted by molar-refractivity contribution is 0.299. The summed E-state index contributed by atoms with van der Waals surface area (Å²) >= 11 is 0. The van der Waals surface area contributed by atoms with Crippen LogP contribution in [0.15, 0.2) is 0 Å². The van der Waals surface area contributed by atoms with Gasteiger partial charge in [-0.15, -0.1) is 0 Å². The molecule has 2 rings (SSSR count). The summed E-state index contributed by atoms with van der Waals surface area (Å²) in [4.78, 5) is 2.53. The Kier molecular flexibility index (Phi) is 2.14. The highest BCUT2D eigenvalue weighted by atomic mass is 15.2. The van der Waals surface area contributed by atoms with Crippen molar-refractivity contribution in [2.75, 3.05) is 19.8 Å². The maximum atomic E-state index is 3.54. The average molecular weight is 154 g/mol. The zero-order valence-corrected chi connectivity index (χ0v) is 7.34. The molecule has 0 spiro atoms. The molecule has 11 heavy (non-hydrogen) atoms. The van der Waals surface area contributed by atoms with Gasteiger partial charge in [-0.05, 0) is 31.7 Å². The van der Waals surface area contributed by atoms with E-state index in [0.29, 0.717) is 0 Å². The monoisotopic (exact) mass is 154 g/mol. The third-order valence-corrected chi connectivity index (χ3v) is 2.69. The zero-order chi connectivity index (χ0) is 7.68. The van der Waals surface area contributed by atoms with Crippen LogP contribution in [0.25, 0.3) is 0 Å². The van der Waals surface area contributed by atoms with Crippen LogP contribution >= 0.6 is 0 Å². The lowest BCUT2D eigenvalue weighted by atomic mass is 10.2. The van der Waals surface area contributed by atoms with Crippen molar-refractivity contribution in [3.8, 4) is 0 Å². The lowest BCUT2D eigenvalue weighted by Crippen LogP contribution is -2.33. The van der Waals surface area contributed by atoms with Crippen LogP contribution in [0.2, 0.25) is 0 Å². The smallest absolute Gasteiger partial charge is 0.0482 e. The van der Waals surface area contributed by atoms with E-state index in [9.17, 15) is 0 Å². The molecule has 1 unspecified atom stereocenters. The molecule has 1 saturated carbocycles. The Morgan fingerprint density at radius 3 is 2.73 bits per heavy atom. The van der Waals surface area contributed by atoms with Gasteiger partial charge in [-0.25, -0.2) is 0 Å². The second kappa shape index (κ2) is 3.11. The first kappa shape index (κ1) is 7.56. The summed E-state index contributed by atoms with van der Waals surface area (Å²) in [5, 5.41) is 3.54. The van der Waals surface area contributed by atoms with E-state index in [0.717, 1.165) is 18.6 Å². The van der Waals surface area contributed by atoms with Crippen LogP contribution in [0.5, 0.6) is 0 Å². The summed E-state index contributed by atoms with van der Waals surface area (Å²) in [6.07, 6.45) is 4.21. The van der Waals surface area contributed by atoms with Crippen LogP contribution in [0, 0.1) is 5.92 Å². The Labute approximate surface area is 69.0 Å². The minimum atomic E-state index is 0.867. The molecular formula is C9H18N2. The molecule has 1 heterocycles. The van der Waals surface area contributed by atoms with Crippen LogP contribution in [-0.4, -0.2) is 30.7 Å². The molecule has 0 radical (unpaired) electrons. The summed E-state index contributed by atoms with van der Waals surface area (Å²) in [5.41, 5.74) is 0. The number of rotatable bonds is 3. The van der Waals surface area contributed by atoms with Crippen molar-refractivity contribution >= 4 is 0 Å². The van der Waals surface area contributed by atoms with Crippen molar-refractivity contribution < 1.29 is 0 Å². The molecule has 64 valence electrons. The Morgan fingerprint density at radius 2 is 2.18 bits per heavy atom. The van der Waals surface area contributed by atoms with Gasteiger partial charge < -0.3 is 5.32 Å². The van der Waals surface area contributed by atoms with Gasteiger partial charge in [0, 0.05) is 19.3 Å². The molecule has 1 saturated heterocycles. The first-order chi connectivity index (χ1) is 5.34. The molecule has 2 heteroatoms. The molecule has 2 fully saturated rings. The standard InChI is InChI=1S/C9H18N2/c1-8-4-5-11(6-8)7-10-9-2-3-9/h8-10H,2-7H2,1H3. The van der Waals surface area contributed by atoms with Gasteiger partial charge in [-0.2, -0.15) is 0 Å². The minimum Gasteiger partial charge on any atom is -0.302 e. The number of nitrogens with zero attached hydrogens (tertiary/aromatic N) is 1. The number of nitrogens with one attached hydrogen (secondary N) is 1. The van der Waals surface area contributed by atoms with Crippen LogP contribution in [0.1, 0.15) is 26.2 Å². The molecule has 0 amide bonds. The van der Waals surface area contributed by atoms with Gasteiger partial charge in [0.05, 0.1) is 0 Å². The molecule has 1 atom stereocenters. The predicted molar refractivity (Wildman–Crippen MR) is 46.4 cm³/mol. The summed E-state index contributed by atoms with van der Waals surface area (Å²) in [6, 6.07) is 0.867. The summed E-state index contributed by atoms with van der Waals surface area (Å²) in [7, 11) is 0. The van der Waals surface area contributed by atoms with Gasteiger partial charge in [-0.1, -0.05) is 6.92 Å². The van der Waals surface area contributed by atoms with Crippen LogP contribution in [-0.2, 0) is 0 Å². The van der Waals surface area contributed by atoms with Crippen LogP contribution < -0.4 is 5.32 Å². The Morgan fingerprint density at radius 1 is 1.36 bits per heavy atom. The van der Waals surface area contributed by atoms with Crippen molar-refractivity contribution in [1.29, 1.82) is 0 Å². The van der Waals surface area contributed by atoms with E-state index in [1.54, 1.807) is 0 Å². The Bertz CT molecular complexity index is 132. The summed E-state index contributed by atoms with van der Waals surface area (Å²) < 4.78 is 0. The van der Waals surface area contributed by atoms with Gasteiger partial charge in [0.15, 0.2) is 0 Å². The fourth-order valence-corrected chi connectivity index (χ4v) is 1.72. The molecular weight excluding hydrogens is 136 g/mol. The van der Waals surface area contributed by atoms with Crippen LogP contribution in [0.3, 0.4) is 0 Å². The lowest BCUT2D eigenvalue weighted by Gasteiger charge is -2.15. The normalized spacial score (nSPS) is 33.0. The average Bonchev–Trinajstić information content (AvgIpc) is 2.72. The highest BCUT2D eigenvalue weighted by Gasteiger charge is 2.23. The van der Waals surface area contributed by atoms with E-state index in [-0.39, 0.29) is 0 Å². The van der Waals surface area contributed by atoms with E-state index in [1.165, 1.54) is 32.4 Å². The predicted octanol–water partition coefficient (Wildman–Crippen LogP) is 1.04. The van der Waals surface area contributed by atoms with Gasteiger partial charge in [-0.3, -0.25) is 4.90 Å². The molecule has 1 N–H and O–H groups in total. The minimum absolute atomic E-state index is 0.867. The molecule has 1 aliphatic heterocycles. The van der Waals surface area contributed by atoms with E-state index in [4.69, 9.17) is 0 Å². The zero-order valence-electron chi connectivity index (χ0n) is 7.34. The molecule has 1 aliphatic carbocycles. The third kappa shape index (κ3) is 2.17. The molecule has 0 aromatic carbocycles. The fraction of sp³-hybridized carbons (Fsp3) is 1.00. The topological polar surface area (TPSA) is 15.3 Å². The van der Waals surface area contributed by atoms with Crippen molar-refractivity contribution in [2.24, 2.45) is 5.92 Å². The Balaban J connectivity index is 1.62. The summed E-state index contributed by atoms with van der Waals surface area (Å²) in [6.45, 7) is 6.09. The van der Waals surface area contributed by atoms with Crippen molar-refractivity contribution in [3.63, 3.8) is 0 Å². The van der Waals surface area contributed by atoms with Gasteiger partial charge >= 0.3 is 0 Å². The highest BCUT2D eigenvalue weighted by molar-refractivity contribution is 4.81. The summed E-state index contributed by atoms with van der Waals surface area (Å²) in [5.74, 6) is 0.927. The second-order valence-corrected chi connectivity index (χ2v) is 4.11. The molecule has 0 bridgehead atoms. The SMILES string of the molecule is CC1CCN(CNC2CC2)C1. The van der Waals surface area contributed by atoms with Crippen LogP contribution in [0.4, 0.5) is 0 Å². The van der Waals surface area contributed by atoms with E-state index in [1.807, 2.05) is 0 Å². The van der Waals surface area contributed by atoms with E-state index in [2.05, 4.69) is 17.1 Å². The maximum Gasteiger partial charge on any atom is 0.0482 e. The van der Waals surface area contributed by atoms with E-state index < -0.39 is 0 Å². The first-order valence-corrected chi connectivity index (χ1v) is 4.80. The Hall–Kier alpha value is -0.0800. The number of hydrogen-bond donors (Lipinski definition) is 1. The van der Waals surface area contributed by atoms with Crippen molar-refractivity contribution in [3.05, 3.63) is 0 Å². The quantitative estimate of drug-likeness (QED) is 0.653. The number of hydrogen-bond acceptors (Lipinski definition) is 2. The van der Waals surface area contributed by atoms with Gasteiger partial charge in [0.1, 0.15) is 0 Å². The molecule has 0 aromatic heterocycles. The molecule has 2 aliphatic rings.